The Kier molecular flexibility index (Phi) is 4.20. The molecule has 5 heteroatoms. The first-order valence-electron chi connectivity index (χ1n) is 5.35. The fraction of sp³-hybridized carbons (Fsp3) is 0.333. The molecule has 0 saturated heterocycles. The Balaban J connectivity index is 2.07. The van der Waals surface area contributed by atoms with Gasteiger partial charge in [-0.1, -0.05) is 18.2 Å². The minimum absolute atomic E-state index is 0.427. The number of nitrogens with one attached hydrogen (secondary N) is 1. The van der Waals surface area contributed by atoms with Crippen molar-refractivity contribution in [1.29, 1.82) is 0 Å². The molecule has 1 unspecified atom stereocenters. The van der Waals surface area contributed by atoms with Crippen molar-refractivity contribution in [2.45, 2.75) is 6.54 Å². The highest BCUT2D eigenvalue weighted by molar-refractivity contribution is 7.84. The van der Waals surface area contributed by atoms with Crippen molar-refractivity contribution < 1.29 is 8.63 Å². The Labute approximate surface area is 108 Å². The van der Waals surface area contributed by atoms with Crippen LogP contribution < -0.4 is 5.32 Å². The van der Waals surface area contributed by atoms with Gasteiger partial charge in [0.05, 0.1) is 0 Å². The van der Waals surface area contributed by atoms with Crippen LogP contribution in [0.15, 0.2) is 28.7 Å². The molecule has 0 saturated carbocycles. The van der Waals surface area contributed by atoms with Crippen molar-refractivity contribution in [2.24, 2.45) is 0 Å². The molecule has 0 radical (unpaired) electrons. The van der Waals surface area contributed by atoms with E-state index >= 15 is 0 Å². The van der Waals surface area contributed by atoms with Gasteiger partial charge in [-0.25, -0.2) is 0 Å². The molecule has 0 bridgehead atoms. The summed E-state index contributed by atoms with van der Waals surface area (Å²) in [6.45, 7) is 1.34. The van der Waals surface area contributed by atoms with E-state index in [0.717, 1.165) is 16.5 Å². The van der Waals surface area contributed by atoms with Gasteiger partial charge in [0.15, 0.2) is 5.22 Å². The van der Waals surface area contributed by atoms with Gasteiger partial charge < -0.3 is 9.73 Å². The molecule has 2 rings (SSSR count). The van der Waals surface area contributed by atoms with Crippen LogP contribution in [0.2, 0.25) is 5.22 Å². The van der Waals surface area contributed by atoms with Gasteiger partial charge in [0.25, 0.3) is 0 Å². The minimum atomic E-state index is -0.765. The zero-order valence-corrected chi connectivity index (χ0v) is 11.1. The number of fused-ring (bicyclic) bond motifs is 1. The lowest BCUT2D eigenvalue weighted by Crippen LogP contribution is -2.19. The lowest BCUT2D eigenvalue weighted by atomic mass is 10.2. The van der Waals surface area contributed by atoms with Gasteiger partial charge in [0.1, 0.15) is 5.58 Å². The van der Waals surface area contributed by atoms with Gasteiger partial charge in [-0.3, -0.25) is 4.21 Å². The predicted octanol–water partition coefficient (Wildman–Crippen LogP) is 2.55. The average molecular weight is 272 g/mol. The van der Waals surface area contributed by atoms with Gasteiger partial charge in [-0.2, -0.15) is 0 Å². The molecule has 17 heavy (non-hydrogen) atoms. The molecule has 1 heterocycles. The summed E-state index contributed by atoms with van der Waals surface area (Å²) in [5.74, 6) is 0.646. The topological polar surface area (TPSA) is 42.2 Å². The molecule has 0 spiro atoms. The number of rotatable bonds is 5. The summed E-state index contributed by atoms with van der Waals surface area (Å²) in [5, 5.41) is 4.67. The van der Waals surface area contributed by atoms with E-state index in [0.29, 0.717) is 24.1 Å². The lowest BCUT2D eigenvalue weighted by Gasteiger charge is -2.02. The average Bonchev–Trinajstić information content (AvgIpc) is 2.60. The van der Waals surface area contributed by atoms with Crippen LogP contribution in [0.4, 0.5) is 0 Å². The van der Waals surface area contributed by atoms with Gasteiger partial charge in [0, 0.05) is 46.8 Å². The number of benzene rings is 1. The maximum atomic E-state index is 10.9. The van der Waals surface area contributed by atoms with E-state index in [9.17, 15) is 4.21 Å². The third-order valence-corrected chi connectivity index (χ3v) is 3.60. The van der Waals surface area contributed by atoms with E-state index in [4.69, 9.17) is 16.0 Å². The second-order valence-electron chi connectivity index (χ2n) is 3.80. The van der Waals surface area contributed by atoms with Crippen molar-refractivity contribution >= 4 is 33.4 Å². The van der Waals surface area contributed by atoms with Gasteiger partial charge in [-0.15, -0.1) is 0 Å². The van der Waals surface area contributed by atoms with Crippen molar-refractivity contribution in [3.05, 3.63) is 35.0 Å². The minimum Gasteiger partial charge on any atom is -0.444 e. The van der Waals surface area contributed by atoms with Crippen LogP contribution >= 0.6 is 11.6 Å². The molecule has 1 aromatic heterocycles. The molecule has 3 nitrogen and oxygen atoms in total. The van der Waals surface area contributed by atoms with Crippen LogP contribution in [0.5, 0.6) is 0 Å². The van der Waals surface area contributed by atoms with E-state index in [1.807, 2.05) is 24.3 Å². The molecular formula is C12H14ClNO2S. The quantitative estimate of drug-likeness (QED) is 0.850. The Bertz CT molecular complexity index is 538. The predicted molar refractivity (Wildman–Crippen MR) is 71.9 cm³/mol. The Morgan fingerprint density at radius 2 is 2.18 bits per heavy atom. The van der Waals surface area contributed by atoms with Crippen molar-refractivity contribution in [3.63, 3.8) is 0 Å². The van der Waals surface area contributed by atoms with Crippen LogP contribution in [0, 0.1) is 0 Å². The molecule has 1 aromatic carbocycles. The third-order valence-electron chi connectivity index (χ3n) is 2.52. The molecule has 2 aromatic rings. The number of hydrogen-bond donors (Lipinski definition) is 1. The normalized spacial score (nSPS) is 13.1. The Hall–Kier alpha value is -0.840. The van der Waals surface area contributed by atoms with E-state index in [1.54, 1.807) is 6.26 Å². The zero-order chi connectivity index (χ0) is 12.3. The van der Waals surface area contributed by atoms with E-state index < -0.39 is 10.8 Å². The van der Waals surface area contributed by atoms with Gasteiger partial charge >= 0.3 is 0 Å². The summed E-state index contributed by atoms with van der Waals surface area (Å²) in [6.07, 6.45) is 1.70. The Morgan fingerprint density at radius 3 is 2.94 bits per heavy atom. The fourth-order valence-corrected chi connectivity index (χ4v) is 2.35. The molecule has 1 N–H and O–H groups in total. The highest BCUT2D eigenvalue weighted by Crippen LogP contribution is 2.29. The second kappa shape index (κ2) is 5.67. The van der Waals surface area contributed by atoms with Crippen LogP contribution in [-0.4, -0.2) is 22.8 Å². The Morgan fingerprint density at radius 1 is 1.41 bits per heavy atom. The van der Waals surface area contributed by atoms with Gasteiger partial charge in [0.2, 0.25) is 0 Å². The highest BCUT2D eigenvalue weighted by atomic mass is 35.5. The van der Waals surface area contributed by atoms with Crippen molar-refractivity contribution in [1.82, 2.24) is 5.32 Å². The second-order valence-corrected chi connectivity index (χ2v) is 5.70. The summed E-state index contributed by atoms with van der Waals surface area (Å²) in [6, 6.07) is 7.75. The van der Waals surface area contributed by atoms with Crippen LogP contribution in [0.3, 0.4) is 0 Å². The maximum Gasteiger partial charge on any atom is 0.199 e. The van der Waals surface area contributed by atoms with Crippen molar-refractivity contribution in [3.8, 4) is 0 Å². The summed E-state index contributed by atoms with van der Waals surface area (Å²) < 4.78 is 16.4. The molecule has 0 aliphatic rings. The van der Waals surface area contributed by atoms with E-state index in [2.05, 4.69) is 5.32 Å². The first-order chi connectivity index (χ1) is 8.18. The molecule has 1 atom stereocenters. The molecule has 0 amide bonds. The van der Waals surface area contributed by atoms with Crippen LogP contribution in [-0.2, 0) is 17.3 Å². The van der Waals surface area contributed by atoms with Gasteiger partial charge in [-0.05, 0) is 17.7 Å². The summed E-state index contributed by atoms with van der Waals surface area (Å²) in [7, 11) is -0.765. The monoisotopic (exact) mass is 271 g/mol. The fourth-order valence-electron chi connectivity index (χ4n) is 1.66. The number of halogens is 1. The van der Waals surface area contributed by atoms with Crippen LogP contribution in [0.1, 0.15) is 5.56 Å². The number of para-hydroxylation sites is 1. The summed E-state index contributed by atoms with van der Waals surface area (Å²) >= 11 is 6.04. The largest absolute Gasteiger partial charge is 0.444 e. The number of furan rings is 1. The SMILES string of the molecule is CS(=O)CCNCc1c(Cl)oc2ccccc12. The van der Waals surface area contributed by atoms with Crippen molar-refractivity contribution in [2.75, 3.05) is 18.6 Å². The summed E-state index contributed by atoms with van der Waals surface area (Å²) in [5.41, 5.74) is 1.76. The zero-order valence-electron chi connectivity index (χ0n) is 9.53. The molecule has 0 fully saturated rings. The van der Waals surface area contributed by atoms with E-state index in [1.165, 1.54) is 0 Å². The lowest BCUT2D eigenvalue weighted by molar-refractivity contribution is 0.606. The van der Waals surface area contributed by atoms with Crippen LogP contribution in [0.25, 0.3) is 11.0 Å². The molecule has 92 valence electrons. The molecular weight excluding hydrogens is 258 g/mol. The molecule has 0 aliphatic carbocycles. The maximum absolute atomic E-state index is 10.9. The first-order valence-corrected chi connectivity index (χ1v) is 7.45. The first kappa shape index (κ1) is 12.6. The molecule has 0 aliphatic heterocycles. The highest BCUT2D eigenvalue weighted by Gasteiger charge is 2.10. The standard InChI is InChI=1S/C12H14ClNO2S/c1-17(15)7-6-14-8-10-9-4-2-3-5-11(9)16-12(10)13/h2-5,14H,6-8H2,1H3. The number of hydrogen-bond acceptors (Lipinski definition) is 3. The van der Waals surface area contributed by atoms with E-state index in [-0.39, 0.29) is 0 Å². The summed E-state index contributed by atoms with van der Waals surface area (Å²) in [4.78, 5) is 0. The smallest absolute Gasteiger partial charge is 0.199 e. The third kappa shape index (κ3) is 3.09.